The summed E-state index contributed by atoms with van der Waals surface area (Å²) in [4.78, 5) is 56.8. The first kappa shape index (κ1) is 36.0. The molecular weight excluding hydrogens is 715 g/mol. The summed E-state index contributed by atoms with van der Waals surface area (Å²) < 4.78 is 0. The van der Waals surface area contributed by atoms with E-state index in [2.05, 4.69) is 81.1 Å². The fourth-order valence-corrected chi connectivity index (χ4v) is 10.7. The van der Waals surface area contributed by atoms with Crippen LogP contribution in [0.25, 0.3) is 0 Å². The Kier molecular flexibility index (Phi) is 9.21. The molecule has 10 heteroatoms. The van der Waals surface area contributed by atoms with Gasteiger partial charge >= 0.3 is 0 Å². The first-order valence-corrected chi connectivity index (χ1v) is 20.8. The zero-order valence-electron chi connectivity index (χ0n) is 32.2. The van der Waals surface area contributed by atoms with Crippen LogP contribution in [-0.4, -0.2) is 76.3 Å². The number of phenolic OH excluding ortho intramolecular Hbond substituents is 1. The Hall–Kier alpha value is -5.32. The van der Waals surface area contributed by atoms with Crippen molar-refractivity contribution in [3.05, 3.63) is 129 Å². The Bertz CT molecular complexity index is 2200. The van der Waals surface area contributed by atoms with Gasteiger partial charge in [0.1, 0.15) is 11.8 Å². The van der Waals surface area contributed by atoms with Gasteiger partial charge in [-0.15, -0.1) is 0 Å². The highest BCUT2D eigenvalue weighted by Crippen LogP contribution is 2.47. The number of hydrogen-bond donors (Lipinski definition) is 3. The van der Waals surface area contributed by atoms with Crippen LogP contribution in [0, 0.1) is 5.92 Å². The Morgan fingerprint density at radius 2 is 1.40 bits per heavy atom. The van der Waals surface area contributed by atoms with Gasteiger partial charge in [-0.25, -0.2) is 0 Å². The molecule has 4 aromatic rings. The predicted molar refractivity (Wildman–Crippen MR) is 216 cm³/mol. The average molecular weight is 764 g/mol. The van der Waals surface area contributed by atoms with E-state index in [1.165, 1.54) is 40.8 Å². The van der Waals surface area contributed by atoms with Crippen LogP contribution in [0.4, 0.5) is 5.69 Å². The maximum Gasteiger partial charge on any atom is 0.262 e. The summed E-state index contributed by atoms with van der Waals surface area (Å²) in [6.07, 6.45) is 6.97. The summed E-state index contributed by atoms with van der Waals surface area (Å²) in [5.74, 6) is -0.167. The maximum absolute atomic E-state index is 13.4. The van der Waals surface area contributed by atoms with Gasteiger partial charge < -0.3 is 15.3 Å². The molecule has 10 nitrogen and oxygen atoms in total. The van der Waals surface area contributed by atoms with E-state index >= 15 is 0 Å². The van der Waals surface area contributed by atoms with E-state index in [-0.39, 0.29) is 24.7 Å². The molecule has 0 aromatic heterocycles. The Morgan fingerprint density at radius 3 is 2.09 bits per heavy atom. The van der Waals surface area contributed by atoms with Crippen molar-refractivity contribution in [1.29, 1.82) is 0 Å². The van der Waals surface area contributed by atoms with E-state index in [1.807, 2.05) is 24.3 Å². The molecule has 6 aliphatic rings. The Balaban J connectivity index is 0.701. The lowest BCUT2D eigenvalue weighted by atomic mass is 9.69. The van der Waals surface area contributed by atoms with Crippen LogP contribution < -0.4 is 15.5 Å². The fourth-order valence-electron chi connectivity index (χ4n) is 10.7. The predicted octanol–water partition coefficient (Wildman–Crippen LogP) is 6.01. The lowest BCUT2D eigenvalue weighted by molar-refractivity contribution is -0.136. The van der Waals surface area contributed by atoms with Crippen molar-refractivity contribution < 1.29 is 24.3 Å². The molecule has 4 heterocycles. The van der Waals surface area contributed by atoms with Crippen LogP contribution in [0.5, 0.6) is 5.75 Å². The molecular formula is C47H49N5O5. The van der Waals surface area contributed by atoms with Crippen molar-refractivity contribution in [3.8, 4) is 5.75 Å². The van der Waals surface area contributed by atoms with Gasteiger partial charge in [0, 0.05) is 56.3 Å². The molecule has 1 saturated carbocycles. The van der Waals surface area contributed by atoms with Crippen LogP contribution in [0.15, 0.2) is 84.9 Å². The standard InChI is InChI=1S/C47H49N5O5/c53-37-15-17-39-31(20-37)10-16-38(29-4-2-1-3-5-29)44(39)30-8-13-36(14-9-30)51-26-34(27-51)48-23-28-6-11-35(12-7-28)50-24-32-21-40-41(22-33(32)25-50)47(57)52(46(40)56)42-18-19-43(54)49-45(42)55/h1-5,8-9,13-15,17,20-22,28,34-35,38,42,44,48,53H,6-7,10-12,16,18-19,23-27H2,(H,49,54,55)/t28?,35?,38-,42?,44+/m1/s1. The van der Waals surface area contributed by atoms with Gasteiger partial charge in [0.15, 0.2) is 0 Å². The summed E-state index contributed by atoms with van der Waals surface area (Å²) in [6, 6.07) is 29.8. The van der Waals surface area contributed by atoms with E-state index in [0.29, 0.717) is 40.8 Å². The second-order valence-corrected chi connectivity index (χ2v) is 17.2. The molecule has 10 rings (SSSR count). The van der Waals surface area contributed by atoms with E-state index < -0.39 is 23.8 Å². The van der Waals surface area contributed by atoms with Gasteiger partial charge in [0.2, 0.25) is 11.8 Å². The molecule has 3 N–H and O–H groups in total. The summed E-state index contributed by atoms with van der Waals surface area (Å²) in [5.41, 5.74) is 9.48. The third-order valence-electron chi connectivity index (χ3n) is 13.8. The lowest BCUT2D eigenvalue weighted by Crippen LogP contribution is -2.59. The number of hydrogen-bond acceptors (Lipinski definition) is 8. The number of aromatic hydroxyl groups is 1. The molecule has 4 aromatic carbocycles. The highest BCUT2D eigenvalue weighted by atomic mass is 16.3. The number of aryl methyl sites for hydroxylation is 1. The van der Waals surface area contributed by atoms with E-state index in [4.69, 9.17) is 0 Å². The van der Waals surface area contributed by atoms with E-state index in [0.717, 1.165) is 74.4 Å². The number of benzene rings is 4. The van der Waals surface area contributed by atoms with Crippen molar-refractivity contribution in [3.63, 3.8) is 0 Å². The first-order valence-electron chi connectivity index (χ1n) is 20.8. The molecule has 4 aliphatic heterocycles. The summed E-state index contributed by atoms with van der Waals surface area (Å²) >= 11 is 0. The van der Waals surface area contributed by atoms with Crippen molar-refractivity contribution >= 4 is 29.3 Å². The Morgan fingerprint density at radius 1 is 0.702 bits per heavy atom. The number of fused-ring (bicyclic) bond motifs is 3. The number of amides is 4. The Labute approximate surface area is 333 Å². The van der Waals surface area contributed by atoms with E-state index in [1.54, 1.807) is 0 Å². The summed E-state index contributed by atoms with van der Waals surface area (Å²) in [7, 11) is 0. The van der Waals surface area contributed by atoms with Crippen LogP contribution in [0.2, 0.25) is 0 Å². The molecule has 3 fully saturated rings. The smallest absolute Gasteiger partial charge is 0.262 e. The van der Waals surface area contributed by atoms with Gasteiger partial charge in [-0.2, -0.15) is 0 Å². The second-order valence-electron chi connectivity index (χ2n) is 17.2. The van der Waals surface area contributed by atoms with Gasteiger partial charge in [-0.1, -0.05) is 48.5 Å². The van der Waals surface area contributed by atoms with Crippen molar-refractivity contribution in [1.82, 2.24) is 20.4 Å². The zero-order valence-corrected chi connectivity index (χ0v) is 32.2. The van der Waals surface area contributed by atoms with E-state index in [9.17, 15) is 24.3 Å². The average Bonchev–Trinajstić information content (AvgIpc) is 3.74. The molecule has 3 atom stereocenters. The quantitative estimate of drug-likeness (QED) is 0.187. The molecule has 0 bridgehead atoms. The number of nitrogens with one attached hydrogen (secondary N) is 2. The molecule has 2 saturated heterocycles. The largest absolute Gasteiger partial charge is 0.508 e. The van der Waals surface area contributed by atoms with Gasteiger partial charge in [-0.3, -0.25) is 34.3 Å². The third kappa shape index (κ3) is 6.62. The number of imide groups is 2. The third-order valence-corrected chi connectivity index (χ3v) is 13.8. The minimum atomic E-state index is -0.940. The normalized spacial score (nSPS) is 26.2. The van der Waals surface area contributed by atoms with Crippen molar-refractivity contribution in [2.75, 3.05) is 24.5 Å². The molecule has 292 valence electrons. The van der Waals surface area contributed by atoms with Crippen LogP contribution in [0.1, 0.15) is 111 Å². The van der Waals surface area contributed by atoms with Gasteiger partial charge in [0.05, 0.1) is 11.1 Å². The summed E-state index contributed by atoms with van der Waals surface area (Å²) in [5, 5.41) is 16.3. The molecule has 0 spiro atoms. The molecule has 4 amide bonds. The number of carbonyl (C=O) groups is 4. The van der Waals surface area contributed by atoms with Crippen LogP contribution in [-0.2, 0) is 29.1 Å². The maximum atomic E-state index is 13.4. The molecule has 1 unspecified atom stereocenters. The number of rotatable bonds is 8. The highest BCUT2D eigenvalue weighted by Gasteiger charge is 2.46. The molecule has 57 heavy (non-hydrogen) atoms. The van der Waals surface area contributed by atoms with Gasteiger partial charge in [-0.05, 0) is 133 Å². The number of carbonyl (C=O) groups excluding carboxylic acids is 4. The van der Waals surface area contributed by atoms with Crippen LogP contribution >= 0.6 is 0 Å². The first-order chi connectivity index (χ1) is 27.8. The minimum Gasteiger partial charge on any atom is -0.508 e. The highest BCUT2D eigenvalue weighted by molar-refractivity contribution is 6.23. The van der Waals surface area contributed by atoms with Crippen LogP contribution in [0.3, 0.4) is 0 Å². The second kappa shape index (κ2) is 14.6. The number of nitrogens with zero attached hydrogens (tertiary/aromatic N) is 3. The zero-order chi connectivity index (χ0) is 38.8. The molecule has 2 aliphatic carbocycles. The van der Waals surface area contributed by atoms with Crippen molar-refractivity contribution in [2.45, 2.75) is 94.4 Å². The minimum absolute atomic E-state index is 0.116. The molecule has 0 radical (unpaired) electrons. The van der Waals surface area contributed by atoms with Crippen molar-refractivity contribution in [2.24, 2.45) is 5.92 Å². The number of phenols is 1. The fraction of sp³-hybridized carbons (Fsp3) is 0.404. The number of anilines is 1. The SMILES string of the molecule is O=C1CCC(N2C(=O)c3cc4c(cc3C2=O)CN(C2CCC(CNC3CN(c5ccc([C@@H]6c7ccc(O)cc7CC[C@@H]6c6ccccc6)cc5)C3)CC2)C4)C(=O)N1. The summed E-state index contributed by atoms with van der Waals surface area (Å²) in [6.45, 7) is 4.60. The monoisotopic (exact) mass is 763 g/mol. The lowest BCUT2D eigenvalue weighted by Gasteiger charge is -2.43. The number of piperidine rings is 1. The van der Waals surface area contributed by atoms with Gasteiger partial charge in [0.25, 0.3) is 11.8 Å². The topological polar surface area (TPSA) is 122 Å².